The van der Waals surface area contributed by atoms with Gasteiger partial charge in [-0.3, -0.25) is 0 Å². The lowest BCUT2D eigenvalue weighted by molar-refractivity contribution is 0.720. The summed E-state index contributed by atoms with van der Waals surface area (Å²) in [6.07, 6.45) is 0. The van der Waals surface area contributed by atoms with Gasteiger partial charge in [-0.25, -0.2) is 0 Å². The fourth-order valence-corrected chi connectivity index (χ4v) is 19.4. The molecular weight excluding hydrogens is 821 g/mol. The van der Waals surface area contributed by atoms with Crippen LogP contribution in [0.25, 0.3) is 42.4 Å². The van der Waals surface area contributed by atoms with E-state index in [1.54, 1.807) is 0 Å². The Hall–Kier alpha value is -7.76. The van der Waals surface area contributed by atoms with E-state index in [1.807, 2.05) is 11.3 Å². The van der Waals surface area contributed by atoms with Gasteiger partial charge in [-0.15, -0.1) is 11.3 Å². The van der Waals surface area contributed by atoms with Gasteiger partial charge in [0.1, 0.15) is 0 Å². The number of fused-ring (bicyclic) bond motifs is 21. The SMILES string of the molecule is c1ccc(N2c3ccccc3C3(c4ccccc42)c2ccccc2N(c2ccc4c(c2)[Si]2(c5ccccc5-c5ccccc52)c2ccccc2-4)c2cc4sc5ccccc5c4cc23)cc1. The van der Waals surface area contributed by atoms with E-state index in [2.05, 4.69) is 240 Å². The summed E-state index contributed by atoms with van der Waals surface area (Å²) in [5.74, 6) is 0. The van der Waals surface area contributed by atoms with Crippen molar-refractivity contribution in [3.63, 3.8) is 0 Å². The number of para-hydroxylation sites is 4. The summed E-state index contributed by atoms with van der Waals surface area (Å²) in [5, 5.41) is 8.57. The molecule has 4 aliphatic rings. The number of rotatable bonds is 2. The van der Waals surface area contributed by atoms with Crippen LogP contribution < -0.4 is 30.5 Å². The first-order valence-corrected chi connectivity index (χ1v) is 25.4. The minimum absolute atomic E-state index is 0.635. The monoisotopic (exact) mass is 858 g/mol. The zero-order chi connectivity index (χ0) is 42.4. The second-order valence-electron chi connectivity index (χ2n) is 17.9. The highest BCUT2D eigenvalue weighted by Crippen LogP contribution is 2.64. The van der Waals surface area contributed by atoms with Gasteiger partial charge < -0.3 is 9.80 Å². The van der Waals surface area contributed by atoms with Crippen LogP contribution in [-0.4, -0.2) is 8.07 Å². The van der Waals surface area contributed by atoms with E-state index in [4.69, 9.17) is 0 Å². The molecule has 0 bridgehead atoms. The molecule has 1 aromatic heterocycles. The molecule has 0 unspecified atom stereocenters. The number of hydrogen-bond acceptors (Lipinski definition) is 3. The highest BCUT2D eigenvalue weighted by molar-refractivity contribution is 7.26. The van der Waals surface area contributed by atoms with Crippen molar-refractivity contribution in [3.05, 3.63) is 253 Å². The number of anilines is 6. The minimum Gasteiger partial charge on any atom is -0.310 e. The summed E-state index contributed by atoms with van der Waals surface area (Å²) in [6.45, 7) is 0. The fourth-order valence-electron chi connectivity index (χ4n) is 12.7. The van der Waals surface area contributed by atoms with Gasteiger partial charge in [0.05, 0.1) is 28.2 Å². The predicted molar refractivity (Wildman–Crippen MR) is 276 cm³/mol. The van der Waals surface area contributed by atoms with Crippen molar-refractivity contribution in [3.8, 4) is 22.3 Å². The summed E-state index contributed by atoms with van der Waals surface area (Å²) >= 11 is 1.90. The lowest BCUT2D eigenvalue weighted by Crippen LogP contribution is -2.70. The lowest BCUT2D eigenvalue weighted by Gasteiger charge is -2.51. The maximum atomic E-state index is 2.62. The Bertz CT molecular complexity index is 3720. The van der Waals surface area contributed by atoms with Gasteiger partial charge >= 0.3 is 0 Å². The van der Waals surface area contributed by atoms with Gasteiger partial charge in [-0.2, -0.15) is 0 Å². The molecule has 4 aliphatic heterocycles. The Balaban J connectivity index is 1.06. The number of nitrogens with zero attached hydrogens (tertiary/aromatic N) is 2. The Kier molecular flexibility index (Phi) is 7.09. The van der Waals surface area contributed by atoms with E-state index in [1.165, 1.54) is 114 Å². The summed E-state index contributed by atoms with van der Waals surface area (Å²) in [7, 11) is -2.70. The van der Waals surface area contributed by atoms with E-state index in [-0.39, 0.29) is 0 Å². The smallest absolute Gasteiger partial charge is 0.182 e. The van der Waals surface area contributed by atoms with Crippen LogP contribution in [0.2, 0.25) is 0 Å². The molecule has 302 valence electrons. The Labute approximate surface area is 382 Å². The third-order valence-corrected chi connectivity index (χ3v) is 21.1. The molecule has 0 aliphatic carbocycles. The maximum absolute atomic E-state index is 2.70. The van der Waals surface area contributed by atoms with E-state index >= 15 is 0 Å². The van der Waals surface area contributed by atoms with Crippen LogP contribution in [0.15, 0.2) is 231 Å². The average molecular weight is 859 g/mol. The first-order chi connectivity index (χ1) is 32.3. The van der Waals surface area contributed by atoms with E-state index in [0.717, 1.165) is 5.69 Å². The molecule has 11 aromatic rings. The van der Waals surface area contributed by atoms with Crippen LogP contribution in [0.4, 0.5) is 34.1 Å². The first-order valence-electron chi connectivity index (χ1n) is 22.6. The molecule has 0 radical (unpaired) electrons. The normalized spacial score (nSPS) is 15.0. The van der Waals surface area contributed by atoms with Gasteiger partial charge in [0.15, 0.2) is 8.07 Å². The quantitative estimate of drug-likeness (QED) is 0.160. The fraction of sp³-hybridized carbons (Fsp3) is 0.0164. The van der Waals surface area contributed by atoms with Crippen molar-refractivity contribution in [2.75, 3.05) is 9.80 Å². The molecule has 10 aromatic carbocycles. The van der Waals surface area contributed by atoms with Gasteiger partial charge in [0, 0.05) is 31.5 Å². The predicted octanol–water partition coefficient (Wildman–Crippen LogP) is 13.3. The molecule has 2 spiro atoms. The van der Waals surface area contributed by atoms with Gasteiger partial charge in [0.2, 0.25) is 0 Å². The van der Waals surface area contributed by atoms with Crippen LogP contribution >= 0.6 is 11.3 Å². The maximum Gasteiger partial charge on any atom is 0.182 e. The van der Waals surface area contributed by atoms with Crippen molar-refractivity contribution < 1.29 is 0 Å². The summed E-state index contributed by atoms with van der Waals surface area (Å²) in [4.78, 5) is 5.09. The number of thiophene rings is 1. The molecule has 15 rings (SSSR count). The third-order valence-electron chi connectivity index (χ3n) is 15.0. The molecule has 0 saturated carbocycles. The van der Waals surface area contributed by atoms with Crippen LogP contribution in [0.1, 0.15) is 22.3 Å². The molecule has 4 heteroatoms. The van der Waals surface area contributed by atoms with Crippen LogP contribution in [0.3, 0.4) is 0 Å². The second kappa shape index (κ2) is 12.9. The summed E-state index contributed by atoms with van der Waals surface area (Å²) in [6, 6.07) is 87.8. The van der Waals surface area contributed by atoms with Gasteiger partial charge in [-0.1, -0.05) is 170 Å². The van der Waals surface area contributed by atoms with Gasteiger partial charge in [-0.05, 0) is 126 Å². The molecule has 0 amide bonds. The van der Waals surface area contributed by atoms with Gasteiger partial charge in [0.25, 0.3) is 0 Å². The Morgan fingerprint density at radius 2 is 0.785 bits per heavy atom. The highest BCUT2D eigenvalue weighted by atomic mass is 32.1. The van der Waals surface area contributed by atoms with E-state index < -0.39 is 13.5 Å². The van der Waals surface area contributed by atoms with E-state index in [9.17, 15) is 0 Å². The molecule has 0 saturated heterocycles. The summed E-state index contributed by atoms with van der Waals surface area (Å²) in [5.41, 5.74) is 17.2. The van der Waals surface area contributed by atoms with Crippen molar-refractivity contribution in [2.45, 2.75) is 5.41 Å². The molecular formula is C61H38N2SSi. The van der Waals surface area contributed by atoms with Crippen LogP contribution in [0, 0.1) is 0 Å². The lowest BCUT2D eigenvalue weighted by atomic mass is 9.60. The zero-order valence-corrected chi connectivity index (χ0v) is 37.1. The number of benzene rings is 10. The Morgan fingerprint density at radius 1 is 0.308 bits per heavy atom. The zero-order valence-electron chi connectivity index (χ0n) is 35.2. The highest BCUT2D eigenvalue weighted by Gasteiger charge is 2.55. The Morgan fingerprint density at radius 3 is 1.38 bits per heavy atom. The molecule has 0 atom stereocenters. The van der Waals surface area contributed by atoms with Crippen LogP contribution in [0.5, 0.6) is 0 Å². The number of hydrogen-bond donors (Lipinski definition) is 0. The van der Waals surface area contributed by atoms with Crippen molar-refractivity contribution in [1.82, 2.24) is 0 Å². The average Bonchev–Trinajstić information content (AvgIpc) is 3.99. The molecule has 2 nitrogen and oxygen atoms in total. The standard InChI is InChI=1S/C61H38N2SSi/c1-2-18-39(19-3-1)62-51-27-11-8-24-47(51)61(48-25-9-12-28-52(48)62)49-26-10-13-29-53(49)63(54-38-56-46(37-50(54)61)41-20-4-14-30-55(41)64-56)40-34-35-45-44-23-7-17-33-59(44)65(60(45)36-40)57-31-15-5-21-42(57)43-22-6-16-32-58(43)65/h1-38H. The molecule has 0 fully saturated rings. The third kappa shape index (κ3) is 4.38. The second-order valence-corrected chi connectivity index (χ2v) is 22.6. The molecule has 0 N–H and O–H groups in total. The topological polar surface area (TPSA) is 6.48 Å². The molecule has 5 heterocycles. The first kappa shape index (κ1) is 35.7. The van der Waals surface area contributed by atoms with Crippen molar-refractivity contribution in [1.29, 1.82) is 0 Å². The van der Waals surface area contributed by atoms with Crippen molar-refractivity contribution >= 4 is 94.5 Å². The largest absolute Gasteiger partial charge is 0.310 e. The summed E-state index contributed by atoms with van der Waals surface area (Å²) < 4.78 is 2.61. The minimum atomic E-state index is -2.70. The van der Waals surface area contributed by atoms with E-state index in [0.29, 0.717) is 0 Å². The molecule has 65 heavy (non-hydrogen) atoms. The van der Waals surface area contributed by atoms with Crippen LogP contribution in [-0.2, 0) is 5.41 Å². The van der Waals surface area contributed by atoms with Crippen molar-refractivity contribution in [2.24, 2.45) is 0 Å².